The molecule has 1 aliphatic heterocycles. The van der Waals surface area contributed by atoms with Crippen LogP contribution >= 0.6 is 35.3 Å². The molecule has 1 aliphatic rings. The van der Waals surface area contributed by atoms with Gasteiger partial charge in [0.15, 0.2) is 0 Å². The lowest BCUT2D eigenvalue weighted by Gasteiger charge is -2.11. The highest BCUT2D eigenvalue weighted by Crippen LogP contribution is 2.33. The summed E-state index contributed by atoms with van der Waals surface area (Å²) >= 11 is 8.27. The SMILES string of the molecule is CCCN1C(=O)/C(=C/c2sccc2C)SC1=S. The van der Waals surface area contributed by atoms with E-state index in [1.165, 1.54) is 17.3 Å². The summed E-state index contributed by atoms with van der Waals surface area (Å²) in [6.45, 7) is 4.81. The Morgan fingerprint density at radius 1 is 1.53 bits per heavy atom. The third-order valence-electron chi connectivity index (χ3n) is 2.48. The number of thiocarbonyl (C=S) groups is 1. The molecule has 90 valence electrons. The van der Waals surface area contributed by atoms with Gasteiger partial charge in [-0.05, 0) is 36.4 Å². The molecule has 17 heavy (non-hydrogen) atoms. The lowest BCUT2D eigenvalue weighted by atomic mass is 10.2. The molecular formula is C12H13NOS3. The maximum Gasteiger partial charge on any atom is 0.266 e. The van der Waals surface area contributed by atoms with Crippen LogP contribution in [0.5, 0.6) is 0 Å². The quantitative estimate of drug-likeness (QED) is 0.623. The molecule has 1 saturated heterocycles. The second-order valence-electron chi connectivity index (χ2n) is 3.80. The van der Waals surface area contributed by atoms with Crippen LogP contribution in [0.15, 0.2) is 16.4 Å². The number of thiophene rings is 1. The molecule has 5 heteroatoms. The van der Waals surface area contributed by atoms with Crippen molar-refractivity contribution in [3.8, 4) is 0 Å². The van der Waals surface area contributed by atoms with Gasteiger partial charge in [0.25, 0.3) is 5.91 Å². The Labute approximate surface area is 115 Å². The molecule has 0 N–H and O–H groups in total. The van der Waals surface area contributed by atoms with Crippen LogP contribution in [-0.2, 0) is 4.79 Å². The molecule has 2 rings (SSSR count). The largest absolute Gasteiger partial charge is 0.293 e. The summed E-state index contributed by atoms with van der Waals surface area (Å²) in [5, 5.41) is 2.04. The van der Waals surface area contributed by atoms with Crippen molar-refractivity contribution >= 4 is 51.6 Å². The van der Waals surface area contributed by atoms with Crippen LogP contribution in [0.1, 0.15) is 23.8 Å². The first-order valence-corrected chi connectivity index (χ1v) is 7.53. The predicted octanol–water partition coefficient (Wildman–Crippen LogP) is 3.67. The standard InChI is InChI=1S/C12H13NOS3/c1-3-5-13-11(14)10(17-12(13)15)7-9-8(2)4-6-16-9/h4,6-7H,3,5H2,1-2H3/b10-7-. The van der Waals surface area contributed by atoms with Crippen LogP contribution in [0.3, 0.4) is 0 Å². The van der Waals surface area contributed by atoms with Gasteiger partial charge in [0, 0.05) is 11.4 Å². The summed E-state index contributed by atoms with van der Waals surface area (Å²) in [5.74, 6) is 0.0506. The normalized spacial score (nSPS) is 18.5. The first kappa shape index (κ1) is 12.8. The highest BCUT2D eigenvalue weighted by molar-refractivity contribution is 8.26. The third-order valence-corrected chi connectivity index (χ3v) is 4.83. The zero-order chi connectivity index (χ0) is 12.4. The van der Waals surface area contributed by atoms with Crippen LogP contribution in [0, 0.1) is 6.92 Å². The van der Waals surface area contributed by atoms with Gasteiger partial charge in [-0.3, -0.25) is 9.69 Å². The Morgan fingerprint density at radius 3 is 2.88 bits per heavy atom. The number of aryl methyl sites for hydroxylation is 1. The monoisotopic (exact) mass is 283 g/mol. The van der Waals surface area contributed by atoms with Crippen molar-refractivity contribution in [3.63, 3.8) is 0 Å². The summed E-state index contributed by atoms with van der Waals surface area (Å²) in [6, 6.07) is 2.06. The number of thioether (sulfide) groups is 1. The van der Waals surface area contributed by atoms with Gasteiger partial charge in [-0.15, -0.1) is 11.3 Å². The molecule has 1 aromatic heterocycles. The Hall–Kier alpha value is -0.650. The van der Waals surface area contributed by atoms with E-state index in [0.717, 1.165) is 16.2 Å². The van der Waals surface area contributed by atoms with E-state index in [-0.39, 0.29) is 5.91 Å². The van der Waals surface area contributed by atoms with Crippen LogP contribution in [0.2, 0.25) is 0 Å². The molecule has 2 heterocycles. The van der Waals surface area contributed by atoms with E-state index in [4.69, 9.17) is 12.2 Å². The minimum absolute atomic E-state index is 0.0506. The summed E-state index contributed by atoms with van der Waals surface area (Å²) in [4.78, 5) is 15.7. The molecule has 0 unspecified atom stereocenters. The average molecular weight is 283 g/mol. The molecule has 0 atom stereocenters. The van der Waals surface area contributed by atoms with E-state index >= 15 is 0 Å². The average Bonchev–Trinajstić information content (AvgIpc) is 2.79. The van der Waals surface area contributed by atoms with Gasteiger partial charge in [-0.25, -0.2) is 0 Å². The third kappa shape index (κ3) is 2.61. The Morgan fingerprint density at radius 2 is 2.29 bits per heavy atom. The van der Waals surface area contributed by atoms with E-state index in [1.54, 1.807) is 16.2 Å². The van der Waals surface area contributed by atoms with Crippen molar-refractivity contribution in [2.75, 3.05) is 6.54 Å². The lowest BCUT2D eigenvalue weighted by Crippen LogP contribution is -2.28. The minimum atomic E-state index is 0.0506. The second kappa shape index (κ2) is 5.33. The van der Waals surface area contributed by atoms with Crippen molar-refractivity contribution in [3.05, 3.63) is 26.8 Å². The Bertz CT molecular complexity index is 490. The van der Waals surface area contributed by atoms with Gasteiger partial charge in [0.2, 0.25) is 0 Å². The summed E-state index contributed by atoms with van der Waals surface area (Å²) in [5.41, 5.74) is 1.20. The van der Waals surface area contributed by atoms with Crippen LogP contribution in [-0.4, -0.2) is 21.7 Å². The molecule has 1 fully saturated rings. The number of carbonyl (C=O) groups is 1. The molecule has 0 saturated carbocycles. The number of hydrogen-bond acceptors (Lipinski definition) is 4. The zero-order valence-corrected chi connectivity index (χ0v) is 12.2. The molecule has 0 radical (unpaired) electrons. The fourth-order valence-corrected chi connectivity index (χ4v) is 3.79. The number of amides is 1. The Kier molecular flexibility index (Phi) is 4.01. The number of carbonyl (C=O) groups excluding carboxylic acids is 1. The molecule has 0 aromatic carbocycles. The fraction of sp³-hybridized carbons (Fsp3) is 0.333. The molecule has 0 aliphatic carbocycles. The van der Waals surface area contributed by atoms with Gasteiger partial charge < -0.3 is 0 Å². The van der Waals surface area contributed by atoms with E-state index in [2.05, 4.69) is 13.0 Å². The van der Waals surface area contributed by atoms with Crippen molar-refractivity contribution in [1.82, 2.24) is 4.90 Å². The van der Waals surface area contributed by atoms with Crippen molar-refractivity contribution in [2.24, 2.45) is 0 Å². The Balaban J connectivity index is 2.25. The number of rotatable bonds is 3. The van der Waals surface area contributed by atoms with Crippen molar-refractivity contribution in [1.29, 1.82) is 0 Å². The van der Waals surface area contributed by atoms with E-state index in [9.17, 15) is 4.79 Å². The number of hydrogen-bond donors (Lipinski definition) is 0. The molecule has 1 aromatic rings. The van der Waals surface area contributed by atoms with E-state index in [1.807, 2.05) is 18.4 Å². The summed E-state index contributed by atoms with van der Waals surface area (Å²) in [6.07, 6.45) is 2.88. The first-order chi connectivity index (χ1) is 8.13. The maximum atomic E-state index is 12.1. The van der Waals surface area contributed by atoms with Crippen LogP contribution in [0.4, 0.5) is 0 Å². The minimum Gasteiger partial charge on any atom is -0.293 e. The summed E-state index contributed by atoms with van der Waals surface area (Å²) in [7, 11) is 0. The first-order valence-electron chi connectivity index (χ1n) is 5.43. The highest BCUT2D eigenvalue weighted by atomic mass is 32.2. The van der Waals surface area contributed by atoms with Crippen molar-refractivity contribution < 1.29 is 4.79 Å². The second-order valence-corrected chi connectivity index (χ2v) is 6.42. The predicted molar refractivity (Wildman–Crippen MR) is 79.2 cm³/mol. The number of nitrogens with zero attached hydrogens (tertiary/aromatic N) is 1. The molecular weight excluding hydrogens is 270 g/mol. The van der Waals surface area contributed by atoms with Crippen molar-refractivity contribution in [2.45, 2.75) is 20.3 Å². The lowest BCUT2D eigenvalue weighted by molar-refractivity contribution is -0.122. The zero-order valence-electron chi connectivity index (χ0n) is 9.73. The smallest absolute Gasteiger partial charge is 0.266 e. The van der Waals surface area contributed by atoms with Gasteiger partial charge in [-0.2, -0.15) is 0 Å². The van der Waals surface area contributed by atoms with E-state index < -0.39 is 0 Å². The van der Waals surface area contributed by atoms with Gasteiger partial charge >= 0.3 is 0 Å². The maximum absolute atomic E-state index is 12.1. The fourth-order valence-electron chi connectivity index (χ4n) is 1.57. The molecule has 0 bridgehead atoms. The molecule has 1 amide bonds. The molecule has 2 nitrogen and oxygen atoms in total. The topological polar surface area (TPSA) is 20.3 Å². The van der Waals surface area contributed by atoms with Crippen LogP contribution < -0.4 is 0 Å². The van der Waals surface area contributed by atoms with Gasteiger partial charge in [0.05, 0.1) is 4.91 Å². The molecule has 0 spiro atoms. The van der Waals surface area contributed by atoms with Crippen LogP contribution in [0.25, 0.3) is 6.08 Å². The van der Waals surface area contributed by atoms with E-state index in [0.29, 0.717) is 10.9 Å². The van der Waals surface area contributed by atoms with Gasteiger partial charge in [0.1, 0.15) is 4.32 Å². The summed E-state index contributed by atoms with van der Waals surface area (Å²) < 4.78 is 0.678. The van der Waals surface area contributed by atoms with Gasteiger partial charge in [-0.1, -0.05) is 30.9 Å². The highest BCUT2D eigenvalue weighted by Gasteiger charge is 2.31.